The second-order valence-corrected chi connectivity index (χ2v) is 4.22. The largest absolute Gasteiger partial charge is 0.398 e. The summed E-state index contributed by atoms with van der Waals surface area (Å²) in [6, 6.07) is 3.68. The molecule has 6 heteroatoms. The zero-order chi connectivity index (χ0) is 14.0. The van der Waals surface area contributed by atoms with Crippen molar-refractivity contribution in [2.45, 2.75) is 20.4 Å². The van der Waals surface area contributed by atoms with E-state index in [0.717, 1.165) is 11.6 Å². The molecule has 2 rings (SSSR count). The highest BCUT2D eigenvalue weighted by molar-refractivity contribution is 5.99. The minimum atomic E-state index is -0.503. The average Bonchev–Trinajstić information content (AvgIpc) is 2.69. The molecule has 1 aromatic heterocycles. The third-order valence-corrected chi connectivity index (χ3v) is 2.87. The topological polar surface area (TPSA) is 81.2 Å². The van der Waals surface area contributed by atoms with Crippen molar-refractivity contribution >= 4 is 11.6 Å². The highest BCUT2D eigenvalue weighted by Gasteiger charge is 2.13. The molecule has 19 heavy (non-hydrogen) atoms. The van der Waals surface area contributed by atoms with Gasteiger partial charge in [0, 0.05) is 17.8 Å². The number of carbonyl (C=O) groups is 1. The zero-order valence-electron chi connectivity index (χ0n) is 10.7. The van der Waals surface area contributed by atoms with Crippen molar-refractivity contribution in [3.05, 3.63) is 46.6 Å². The number of nitrogens with one attached hydrogen (secondary N) is 1. The number of nitrogens with zero attached hydrogens (tertiary/aromatic N) is 1. The lowest BCUT2D eigenvalue weighted by molar-refractivity contribution is 0.0951. The molecule has 1 amide bonds. The van der Waals surface area contributed by atoms with E-state index in [0.29, 0.717) is 11.5 Å². The number of rotatable bonds is 3. The van der Waals surface area contributed by atoms with E-state index in [1.54, 1.807) is 13.8 Å². The zero-order valence-corrected chi connectivity index (χ0v) is 10.7. The molecule has 0 aliphatic heterocycles. The molecule has 0 fully saturated rings. The monoisotopic (exact) mass is 263 g/mol. The highest BCUT2D eigenvalue weighted by atomic mass is 19.1. The van der Waals surface area contributed by atoms with Gasteiger partial charge in [0.05, 0.1) is 11.3 Å². The van der Waals surface area contributed by atoms with Gasteiger partial charge in [0.2, 0.25) is 0 Å². The summed E-state index contributed by atoms with van der Waals surface area (Å²) in [5, 5.41) is 6.45. The summed E-state index contributed by atoms with van der Waals surface area (Å²) in [4.78, 5) is 11.9. The number of hydrogen-bond acceptors (Lipinski definition) is 4. The Morgan fingerprint density at radius 1 is 1.47 bits per heavy atom. The van der Waals surface area contributed by atoms with Crippen LogP contribution in [0, 0.1) is 19.7 Å². The fourth-order valence-electron chi connectivity index (χ4n) is 1.74. The number of anilines is 1. The summed E-state index contributed by atoms with van der Waals surface area (Å²) in [6.07, 6.45) is 0. The van der Waals surface area contributed by atoms with Gasteiger partial charge in [-0.1, -0.05) is 5.16 Å². The van der Waals surface area contributed by atoms with Gasteiger partial charge in [0.25, 0.3) is 5.91 Å². The molecule has 0 saturated carbocycles. The summed E-state index contributed by atoms with van der Waals surface area (Å²) in [5.74, 6) is -0.293. The van der Waals surface area contributed by atoms with Crippen LogP contribution >= 0.6 is 0 Å². The van der Waals surface area contributed by atoms with E-state index in [9.17, 15) is 9.18 Å². The Morgan fingerprint density at radius 2 is 2.21 bits per heavy atom. The first-order chi connectivity index (χ1) is 8.99. The Morgan fingerprint density at radius 3 is 2.84 bits per heavy atom. The van der Waals surface area contributed by atoms with Crippen LogP contribution in [0.3, 0.4) is 0 Å². The fourth-order valence-corrected chi connectivity index (χ4v) is 1.74. The number of hydrogen-bond donors (Lipinski definition) is 2. The first kappa shape index (κ1) is 13.1. The fraction of sp³-hybridized carbons (Fsp3) is 0.231. The lowest BCUT2D eigenvalue weighted by Crippen LogP contribution is -2.24. The van der Waals surface area contributed by atoms with Gasteiger partial charge in [-0.3, -0.25) is 4.79 Å². The smallest absolute Gasteiger partial charge is 0.253 e. The first-order valence-corrected chi connectivity index (χ1v) is 5.74. The third kappa shape index (κ3) is 2.73. The molecule has 0 aliphatic carbocycles. The van der Waals surface area contributed by atoms with Crippen molar-refractivity contribution in [3.63, 3.8) is 0 Å². The standard InChI is InChI=1S/C13H14FN3O2/c1-7-11(8(2)19-17-7)6-16-13(18)10-5-9(14)3-4-12(10)15/h3-5H,6,15H2,1-2H3,(H,16,18). The molecule has 100 valence electrons. The lowest BCUT2D eigenvalue weighted by atomic mass is 10.1. The van der Waals surface area contributed by atoms with Crippen molar-refractivity contribution in [2.24, 2.45) is 0 Å². The normalized spacial score (nSPS) is 10.5. The molecule has 0 radical (unpaired) electrons. The molecule has 0 aliphatic rings. The van der Waals surface area contributed by atoms with Crippen molar-refractivity contribution in [3.8, 4) is 0 Å². The second kappa shape index (κ2) is 5.09. The lowest BCUT2D eigenvalue weighted by Gasteiger charge is -2.07. The molecule has 0 unspecified atom stereocenters. The van der Waals surface area contributed by atoms with Crippen LogP contribution in [0.2, 0.25) is 0 Å². The molecular weight excluding hydrogens is 249 g/mol. The predicted molar refractivity (Wildman–Crippen MR) is 68.0 cm³/mol. The predicted octanol–water partition coefficient (Wildman–Crippen LogP) is 1.94. The summed E-state index contributed by atoms with van der Waals surface area (Å²) in [7, 11) is 0. The minimum absolute atomic E-state index is 0.117. The van der Waals surface area contributed by atoms with Gasteiger partial charge in [-0.05, 0) is 32.0 Å². The van der Waals surface area contributed by atoms with Crippen molar-refractivity contribution < 1.29 is 13.7 Å². The Bertz CT molecular complexity index is 603. The Hall–Kier alpha value is -2.37. The second-order valence-electron chi connectivity index (χ2n) is 4.22. The van der Waals surface area contributed by atoms with E-state index < -0.39 is 11.7 Å². The van der Waals surface area contributed by atoms with E-state index >= 15 is 0 Å². The molecule has 5 nitrogen and oxygen atoms in total. The summed E-state index contributed by atoms with van der Waals surface area (Å²) >= 11 is 0. The minimum Gasteiger partial charge on any atom is -0.398 e. The third-order valence-electron chi connectivity index (χ3n) is 2.87. The number of aromatic nitrogens is 1. The Kier molecular flexibility index (Phi) is 3.50. The molecule has 0 atom stereocenters. The maximum absolute atomic E-state index is 13.1. The maximum atomic E-state index is 13.1. The van der Waals surface area contributed by atoms with E-state index in [1.165, 1.54) is 12.1 Å². The van der Waals surface area contributed by atoms with E-state index in [-0.39, 0.29) is 17.8 Å². The quantitative estimate of drug-likeness (QED) is 0.829. The number of carbonyl (C=O) groups excluding carboxylic acids is 1. The Balaban J connectivity index is 2.12. The number of nitrogen functional groups attached to an aromatic ring is 1. The van der Waals surface area contributed by atoms with Gasteiger partial charge < -0.3 is 15.6 Å². The number of aryl methyl sites for hydroxylation is 2. The van der Waals surface area contributed by atoms with Crippen LogP contribution in [0.5, 0.6) is 0 Å². The van der Waals surface area contributed by atoms with Crippen molar-refractivity contribution in [1.29, 1.82) is 0 Å². The van der Waals surface area contributed by atoms with Crippen molar-refractivity contribution in [1.82, 2.24) is 10.5 Å². The van der Waals surface area contributed by atoms with Crippen LogP contribution in [0.4, 0.5) is 10.1 Å². The van der Waals surface area contributed by atoms with Crippen LogP contribution in [-0.2, 0) is 6.54 Å². The number of amides is 1. The molecule has 1 aromatic carbocycles. The Labute approximate surface area is 109 Å². The van der Waals surface area contributed by atoms with Crippen LogP contribution in [0.15, 0.2) is 22.7 Å². The van der Waals surface area contributed by atoms with Gasteiger partial charge in [-0.25, -0.2) is 4.39 Å². The average molecular weight is 263 g/mol. The summed E-state index contributed by atoms with van der Waals surface area (Å²) < 4.78 is 18.1. The highest BCUT2D eigenvalue weighted by Crippen LogP contribution is 2.15. The van der Waals surface area contributed by atoms with Gasteiger partial charge in [-0.2, -0.15) is 0 Å². The van der Waals surface area contributed by atoms with Gasteiger partial charge in [0.15, 0.2) is 0 Å². The first-order valence-electron chi connectivity index (χ1n) is 5.74. The molecule has 1 heterocycles. The molecule has 2 aromatic rings. The number of halogens is 1. The molecule has 0 spiro atoms. The van der Waals surface area contributed by atoms with Crippen LogP contribution < -0.4 is 11.1 Å². The summed E-state index contributed by atoms with van der Waals surface area (Å²) in [6.45, 7) is 3.81. The van der Waals surface area contributed by atoms with E-state index in [2.05, 4.69) is 10.5 Å². The molecule has 0 bridgehead atoms. The molecule has 0 saturated heterocycles. The van der Waals surface area contributed by atoms with Gasteiger partial charge in [0.1, 0.15) is 11.6 Å². The van der Waals surface area contributed by atoms with E-state index in [4.69, 9.17) is 10.3 Å². The van der Waals surface area contributed by atoms with Gasteiger partial charge in [-0.15, -0.1) is 0 Å². The molecule has 3 N–H and O–H groups in total. The van der Waals surface area contributed by atoms with Crippen LogP contribution in [0.1, 0.15) is 27.4 Å². The molecular formula is C13H14FN3O2. The number of benzene rings is 1. The van der Waals surface area contributed by atoms with E-state index in [1.807, 2.05) is 0 Å². The maximum Gasteiger partial charge on any atom is 0.253 e. The van der Waals surface area contributed by atoms with Gasteiger partial charge >= 0.3 is 0 Å². The SMILES string of the molecule is Cc1noc(C)c1CNC(=O)c1cc(F)ccc1N. The van der Waals surface area contributed by atoms with Crippen molar-refractivity contribution in [2.75, 3.05) is 5.73 Å². The summed E-state index contributed by atoms with van der Waals surface area (Å²) in [5.41, 5.74) is 7.51. The van der Waals surface area contributed by atoms with Crippen LogP contribution in [-0.4, -0.2) is 11.1 Å². The van der Waals surface area contributed by atoms with Crippen LogP contribution in [0.25, 0.3) is 0 Å². The number of nitrogens with two attached hydrogens (primary N) is 1.